The average Bonchev–Trinajstić information content (AvgIpc) is 2.73. The van der Waals surface area contributed by atoms with Crippen LogP contribution in [0.3, 0.4) is 0 Å². The number of carbonyl (C=O) groups excluding carboxylic acids is 1. The summed E-state index contributed by atoms with van der Waals surface area (Å²) in [6, 6.07) is 7.56. The molecule has 1 N–H and O–H groups in total. The molecule has 0 atom stereocenters. The van der Waals surface area contributed by atoms with Gasteiger partial charge in [-0.1, -0.05) is 18.2 Å². The van der Waals surface area contributed by atoms with Crippen LogP contribution in [0.1, 0.15) is 26.6 Å². The third-order valence-electron chi connectivity index (χ3n) is 2.46. The Morgan fingerprint density at radius 3 is 2.76 bits per heavy atom. The van der Waals surface area contributed by atoms with Crippen LogP contribution in [0.5, 0.6) is 0 Å². The first-order chi connectivity index (χ1) is 8.16. The van der Waals surface area contributed by atoms with Gasteiger partial charge in [-0.25, -0.2) is 4.98 Å². The van der Waals surface area contributed by atoms with Crippen LogP contribution >= 0.6 is 11.3 Å². The van der Waals surface area contributed by atoms with E-state index in [1.165, 1.54) is 0 Å². The van der Waals surface area contributed by atoms with Crippen molar-refractivity contribution in [1.29, 1.82) is 0 Å². The number of rotatable bonds is 3. The summed E-state index contributed by atoms with van der Waals surface area (Å²) in [5.74, 6) is -0.0454. The van der Waals surface area contributed by atoms with E-state index in [1.807, 2.05) is 43.5 Å². The molecule has 17 heavy (non-hydrogen) atoms. The molecule has 2 aromatic rings. The van der Waals surface area contributed by atoms with Crippen molar-refractivity contribution in [2.24, 2.45) is 0 Å². The van der Waals surface area contributed by atoms with Crippen molar-refractivity contribution in [3.8, 4) is 0 Å². The molecule has 1 aromatic heterocycles. The lowest BCUT2D eigenvalue weighted by Crippen LogP contribution is -2.23. The molecule has 0 saturated heterocycles. The van der Waals surface area contributed by atoms with Gasteiger partial charge in [0.25, 0.3) is 5.91 Å². The van der Waals surface area contributed by atoms with Crippen molar-refractivity contribution < 1.29 is 4.79 Å². The number of carbonyl (C=O) groups is 1. The minimum atomic E-state index is -0.0454. The Balaban J connectivity index is 2.01. The van der Waals surface area contributed by atoms with Crippen LogP contribution in [-0.4, -0.2) is 10.9 Å². The zero-order valence-electron chi connectivity index (χ0n) is 9.86. The standard InChI is InChI=1S/C13H14N2OS/c1-9-5-3-4-6-11(9)13(16)14-7-12-15-10(2)8-17-12/h3-6,8H,7H2,1-2H3,(H,14,16). The van der Waals surface area contributed by atoms with E-state index in [0.29, 0.717) is 6.54 Å². The Morgan fingerprint density at radius 2 is 2.12 bits per heavy atom. The van der Waals surface area contributed by atoms with Gasteiger partial charge in [-0.3, -0.25) is 4.79 Å². The molecule has 4 heteroatoms. The molecular formula is C13H14N2OS. The highest BCUT2D eigenvalue weighted by molar-refractivity contribution is 7.09. The normalized spacial score (nSPS) is 10.2. The molecule has 0 aliphatic heterocycles. The second-order valence-corrected chi connectivity index (χ2v) is 4.82. The van der Waals surface area contributed by atoms with E-state index in [2.05, 4.69) is 10.3 Å². The first-order valence-corrected chi connectivity index (χ1v) is 6.29. The van der Waals surface area contributed by atoms with Gasteiger partial charge in [-0.2, -0.15) is 0 Å². The van der Waals surface area contributed by atoms with Crippen molar-refractivity contribution in [1.82, 2.24) is 10.3 Å². The summed E-state index contributed by atoms with van der Waals surface area (Å²) in [6.07, 6.45) is 0. The Hall–Kier alpha value is -1.68. The molecule has 0 fully saturated rings. The lowest BCUT2D eigenvalue weighted by molar-refractivity contribution is 0.0950. The summed E-state index contributed by atoms with van der Waals surface area (Å²) in [7, 11) is 0. The van der Waals surface area contributed by atoms with E-state index in [9.17, 15) is 4.79 Å². The fourth-order valence-corrected chi connectivity index (χ4v) is 2.27. The van der Waals surface area contributed by atoms with Gasteiger partial charge >= 0.3 is 0 Å². The predicted molar refractivity (Wildman–Crippen MR) is 69.2 cm³/mol. The van der Waals surface area contributed by atoms with E-state index in [4.69, 9.17) is 0 Å². The molecule has 0 saturated carbocycles. The third kappa shape index (κ3) is 2.91. The smallest absolute Gasteiger partial charge is 0.251 e. The maximum absolute atomic E-state index is 11.9. The first kappa shape index (κ1) is 11.8. The number of thiazole rings is 1. The fraction of sp³-hybridized carbons (Fsp3) is 0.231. The largest absolute Gasteiger partial charge is 0.346 e. The van der Waals surface area contributed by atoms with Crippen LogP contribution in [0.25, 0.3) is 0 Å². The number of amides is 1. The van der Waals surface area contributed by atoms with Crippen LogP contribution in [0, 0.1) is 13.8 Å². The Kier molecular flexibility index (Phi) is 3.54. The molecule has 0 aliphatic rings. The molecule has 0 aliphatic carbocycles. The van der Waals surface area contributed by atoms with Crippen molar-refractivity contribution in [3.05, 3.63) is 51.5 Å². The summed E-state index contributed by atoms with van der Waals surface area (Å²) in [5, 5.41) is 5.79. The van der Waals surface area contributed by atoms with Crippen LogP contribution in [0.4, 0.5) is 0 Å². The van der Waals surface area contributed by atoms with Gasteiger partial charge in [0.05, 0.1) is 6.54 Å². The van der Waals surface area contributed by atoms with Gasteiger partial charge in [0.15, 0.2) is 0 Å². The van der Waals surface area contributed by atoms with Crippen molar-refractivity contribution >= 4 is 17.2 Å². The summed E-state index contributed by atoms with van der Waals surface area (Å²) in [4.78, 5) is 16.2. The summed E-state index contributed by atoms with van der Waals surface area (Å²) < 4.78 is 0. The number of nitrogens with one attached hydrogen (secondary N) is 1. The minimum absolute atomic E-state index is 0.0454. The topological polar surface area (TPSA) is 42.0 Å². The quantitative estimate of drug-likeness (QED) is 0.904. The van der Waals surface area contributed by atoms with Gasteiger partial charge in [-0.15, -0.1) is 11.3 Å². The van der Waals surface area contributed by atoms with Crippen LogP contribution in [-0.2, 0) is 6.54 Å². The van der Waals surface area contributed by atoms with E-state index in [0.717, 1.165) is 21.8 Å². The van der Waals surface area contributed by atoms with Crippen molar-refractivity contribution in [2.75, 3.05) is 0 Å². The number of aromatic nitrogens is 1. The summed E-state index contributed by atoms with van der Waals surface area (Å²) in [6.45, 7) is 4.37. The van der Waals surface area contributed by atoms with E-state index in [1.54, 1.807) is 11.3 Å². The van der Waals surface area contributed by atoms with E-state index < -0.39 is 0 Å². The van der Waals surface area contributed by atoms with Crippen LogP contribution < -0.4 is 5.32 Å². The van der Waals surface area contributed by atoms with Crippen LogP contribution in [0.2, 0.25) is 0 Å². The van der Waals surface area contributed by atoms with E-state index in [-0.39, 0.29) is 5.91 Å². The SMILES string of the molecule is Cc1csc(CNC(=O)c2ccccc2C)n1. The third-order valence-corrected chi connectivity index (χ3v) is 3.42. The lowest BCUT2D eigenvalue weighted by atomic mass is 10.1. The Morgan fingerprint density at radius 1 is 1.35 bits per heavy atom. The van der Waals surface area contributed by atoms with E-state index >= 15 is 0 Å². The molecule has 1 heterocycles. The number of hydrogen-bond acceptors (Lipinski definition) is 3. The van der Waals surface area contributed by atoms with Crippen molar-refractivity contribution in [2.45, 2.75) is 20.4 Å². The highest BCUT2D eigenvalue weighted by atomic mass is 32.1. The molecule has 2 rings (SSSR count). The minimum Gasteiger partial charge on any atom is -0.346 e. The number of nitrogens with zero attached hydrogens (tertiary/aromatic N) is 1. The van der Waals surface area contributed by atoms with Gasteiger partial charge in [0.2, 0.25) is 0 Å². The summed E-state index contributed by atoms with van der Waals surface area (Å²) in [5.41, 5.74) is 2.70. The number of benzene rings is 1. The molecule has 0 radical (unpaired) electrons. The lowest BCUT2D eigenvalue weighted by Gasteiger charge is -2.05. The Bertz CT molecular complexity index is 534. The Labute approximate surface area is 105 Å². The van der Waals surface area contributed by atoms with Crippen LogP contribution in [0.15, 0.2) is 29.6 Å². The molecular weight excluding hydrogens is 232 g/mol. The maximum Gasteiger partial charge on any atom is 0.251 e. The zero-order valence-corrected chi connectivity index (χ0v) is 10.7. The molecule has 0 unspecified atom stereocenters. The highest BCUT2D eigenvalue weighted by Gasteiger charge is 2.08. The zero-order chi connectivity index (χ0) is 12.3. The maximum atomic E-state index is 11.9. The second kappa shape index (κ2) is 5.10. The molecule has 0 bridgehead atoms. The number of aryl methyl sites for hydroxylation is 2. The number of hydrogen-bond donors (Lipinski definition) is 1. The highest BCUT2D eigenvalue weighted by Crippen LogP contribution is 2.10. The molecule has 1 amide bonds. The predicted octanol–water partition coefficient (Wildman–Crippen LogP) is 2.69. The van der Waals surface area contributed by atoms with Crippen molar-refractivity contribution in [3.63, 3.8) is 0 Å². The van der Waals surface area contributed by atoms with Gasteiger partial charge in [0.1, 0.15) is 5.01 Å². The fourth-order valence-electron chi connectivity index (χ4n) is 1.56. The summed E-state index contributed by atoms with van der Waals surface area (Å²) >= 11 is 1.57. The monoisotopic (exact) mass is 246 g/mol. The molecule has 1 aromatic carbocycles. The average molecular weight is 246 g/mol. The molecule has 3 nitrogen and oxygen atoms in total. The second-order valence-electron chi connectivity index (χ2n) is 3.88. The van der Waals surface area contributed by atoms with Gasteiger partial charge in [-0.05, 0) is 25.5 Å². The first-order valence-electron chi connectivity index (χ1n) is 5.41. The van der Waals surface area contributed by atoms with Gasteiger partial charge < -0.3 is 5.32 Å². The molecule has 0 spiro atoms. The molecule has 88 valence electrons. The van der Waals surface area contributed by atoms with Gasteiger partial charge in [0, 0.05) is 16.6 Å².